The summed E-state index contributed by atoms with van der Waals surface area (Å²) < 4.78 is 29.2. The van der Waals surface area contributed by atoms with E-state index in [1.54, 1.807) is 23.4 Å². The molecule has 0 aliphatic heterocycles. The molecule has 2 aromatic heterocycles. The number of aromatic nitrogens is 4. The Kier molecular flexibility index (Phi) is 5.10. The first-order chi connectivity index (χ1) is 12.5. The Morgan fingerprint density at radius 3 is 2.58 bits per heavy atom. The second-order valence-corrected chi connectivity index (χ2v) is 5.99. The van der Waals surface area contributed by atoms with Crippen molar-refractivity contribution in [3.05, 3.63) is 48.1 Å². The van der Waals surface area contributed by atoms with Crippen molar-refractivity contribution in [2.45, 2.75) is 19.0 Å². The van der Waals surface area contributed by atoms with Gasteiger partial charge in [-0.1, -0.05) is 0 Å². The van der Waals surface area contributed by atoms with Crippen LogP contribution in [-0.2, 0) is 0 Å². The summed E-state index contributed by atoms with van der Waals surface area (Å²) in [5, 5.41) is 18.8. The molecule has 0 radical (unpaired) electrons. The lowest BCUT2D eigenvalue weighted by Gasteiger charge is -2.26. The lowest BCUT2D eigenvalue weighted by Crippen LogP contribution is -2.24. The third-order valence-electron chi connectivity index (χ3n) is 4.48. The van der Waals surface area contributed by atoms with Gasteiger partial charge in [-0.25, -0.2) is 23.7 Å². The molecular formula is C17H19F2N5O2. The molecule has 0 aliphatic carbocycles. The third kappa shape index (κ3) is 3.11. The highest BCUT2D eigenvalue weighted by atomic mass is 19.1. The van der Waals surface area contributed by atoms with E-state index in [4.69, 9.17) is 0 Å². The van der Waals surface area contributed by atoms with Crippen LogP contribution in [0.25, 0.3) is 11.2 Å². The minimum atomic E-state index is -0.578. The van der Waals surface area contributed by atoms with E-state index in [9.17, 15) is 19.0 Å². The monoisotopic (exact) mass is 363 g/mol. The fraction of sp³-hybridized carbons (Fsp3) is 0.353. The average Bonchev–Trinajstić information content (AvgIpc) is 3.08. The van der Waals surface area contributed by atoms with Crippen LogP contribution >= 0.6 is 0 Å². The Morgan fingerprint density at radius 2 is 1.88 bits per heavy atom. The molecule has 1 unspecified atom stereocenters. The van der Waals surface area contributed by atoms with Crippen molar-refractivity contribution in [1.29, 1.82) is 0 Å². The first-order valence-electron chi connectivity index (χ1n) is 8.05. The SMILES string of the molecule is CC(c1cc(F)ccc1F)N(C)c1ncnc2c1ncn2C(CO)CO. The maximum atomic E-state index is 14.1. The van der Waals surface area contributed by atoms with Gasteiger partial charge in [0.25, 0.3) is 0 Å². The van der Waals surface area contributed by atoms with Gasteiger partial charge in [0.2, 0.25) is 0 Å². The Balaban J connectivity index is 2.03. The standard InChI is InChI=1S/C17H19F2N5O2/c1-10(13-5-11(18)3-4-14(13)19)23(2)16-15-17(21-8-20-16)24(9-22-15)12(6-25)7-26/h3-5,8-10,12,25-26H,6-7H2,1-2H3. The summed E-state index contributed by atoms with van der Waals surface area (Å²) in [6, 6.07) is 2.22. The number of halogens is 2. The second kappa shape index (κ2) is 7.30. The van der Waals surface area contributed by atoms with Crippen LogP contribution in [-0.4, -0.2) is 50.0 Å². The van der Waals surface area contributed by atoms with Crippen molar-refractivity contribution in [1.82, 2.24) is 19.5 Å². The van der Waals surface area contributed by atoms with Crippen molar-refractivity contribution >= 4 is 17.0 Å². The van der Waals surface area contributed by atoms with Crippen molar-refractivity contribution < 1.29 is 19.0 Å². The molecule has 0 amide bonds. The predicted molar refractivity (Wildman–Crippen MR) is 91.7 cm³/mol. The molecular weight excluding hydrogens is 344 g/mol. The van der Waals surface area contributed by atoms with Gasteiger partial charge in [0, 0.05) is 12.6 Å². The summed E-state index contributed by atoms with van der Waals surface area (Å²) in [4.78, 5) is 14.4. The molecule has 7 nitrogen and oxygen atoms in total. The number of fused-ring (bicyclic) bond motifs is 1. The van der Waals surface area contributed by atoms with E-state index in [0.717, 1.165) is 18.2 Å². The molecule has 0 bridgehead atoms. The van der Waals surface area contributed by atoms with Gasteiger partial charge in [0.15, 0.2) is 17.0 Å². The van der Waals surface area contributed by atoms with Gasteiger partial charge >= 0.3 is 0 Å². The zero-order valence-electron chi connectivity index (χ0n) is 14.3. The highest BCUT2D eigenvalue weighted by Gasteiger charge is 2.22. The summed E-state index contributed by atoms with van der Waals surface area (Å²) >= 11 is 0. The molecule has 2 heterocycles. The van der Waals surface area contributed by atoms with Crippen LogP contribution < -0.4 is 4.90 Å². The first-order valence-corrected chi connectivity index (χ1v) is 8.05. The highest BCUT2D eigenvalue weighted by molar-refractivity contribution is 5.83. The molecule has 1 atom stereocenters. The summed E-state index contributed by atoms with van der Waals surface area (Å²) in [6.45, 7) is 1.18. The maximum absolute atomic E-state index is 14.1. The largest absolute Gasteiger partial charge is 0.394 e. The lowest BCUT2D eigenvalue weighted by molar-refractivity contribution is 0.156. The normalized spacial score (nSPS) is 12.7. The molecule has 26 heavy (non-hydrogen) atoms. The van der Waals surface area contributed by atoms with Gasteiger partial charge in [0.1, 0.15) is 18.0 Å². The third-order valence-corrected chi connectivity index (χ3v) is 4.48. The molecule has 0 fully saturated rings. The van der Waals surface area contributed by atoms with Crippen LogP contribution in [0.15, 0.2) is 30.9 Å². The van der Waals surface area contributed by atoms with Crippen LogP contribution in [0.5, 0.6) is 0 Å². The van der Waals surface area contributed by atoms with Gasteiger partial charge in [0.05, 0.1) is 31.6 Å². The van der Waals surface area contributed by atoms with Crippen molar-refractivity contribution in [3.8, 4) is 0 Å². The molecule has 3 rings (SSSR count). The van der Waals surface area contributed by atoms with E-state index in [-0.39, 0.29) is 18.8 Å². The molecule has 1 aromatic carbocycles. The van der Waals surface area contributed by atoms with E-state index < -0.39 is 23.7 Å². The van der Waals surface area contributed by atoms with Crippen LogP contribution in [0.4, 0.5) is 14.6 Å². The molecule has 3 aromatic rings. The number of rotatable bonds is 6. The second-order valence-electron chi connectivity index (χ2n) is 5.99. The van der Waals surface area contributed by atoms with E-state index in [1.807, 2.05) is 0 Å². The first kappa shape index (κ1) is 18.2. The molecule has 0 saturated carbocycles. The average molecular weight is 363 g/mol. The minimum Gasteiger partial charge on any atom is -0.394 e. The van der Waals surface area contributed by atoms with Gasteiger partial charge in [-0.15, -0.1) is 0 Å². The van der Waals surface area contributed by atoms with Gasteiger partial charge in [-0.3, -0.25) is 0 Å². The topological polar surface area (TPSA) is 87.3 Å². The number of hydrogen-bond donors (Lipinski definition) is 2. The quantitative estimate of drug-likeness (QED) is 0.695. The summed E-state index contributed by atoms with van der Waals surface area (Å²) in [6.07, 6.45) is 2.79. The van der Waals surface area contributed by atoms with Crippen LogP contribution in [0.2, 0.25) is 0 Å². The van der Waals surface area contributed by atoms with Crippen LogP contribution in [0.3, 0.4) is 0 Å². The molecule has 138 valence electrons. The lowest BCUT2D eigenvalue weighted by atomic mass is 10.1. The number of hydrogen-bond acceptors (Lipinski definition) is 6. The summed E-state index contributed by atoms with van der Waals surface area (Å²) in [5.41, 5.74) is 1.06. The number of anilines is 1. The summed E-state index contributed by atoms with van der Waals surface area (Å²) in [5.74, 6) is -0.603. The molecule has 0 spiro atoms. The number of imidazole rings is 1. The molecule has 0 saturated heterocycles. The maximum Gasteiger partial charge on any atom is 0.165 e. The van der Waals surface area contributed by atoms with E-state index in [1.165, 1.54) is 12.7 Å². The van der Waals surface area contributed by atoms with Gasteiger partial charge < -0.3 is 19.7 Å². The van der Waals surface area contributed by atoms with Crippen LogP contribution in [0, 0.1) is 11.6 Å². The van der Waals surface area contributed by atoms with Crippen LogP contribution in [0.1, 0.15) is 24.6 Å². The Bertz CT molecular complexity index is 913. The molecule has 0 aliphatic rings. The molecule has 2 N–H and O–H groups in total. The van der Waals surface area contributed by atoms with Crippen molar-refractivity contribution in [3.63, 3.8) is 0 Å². The zero-order valence-corrected chi connectivity index (χ0v) is 14.3. The summed E-state index contributed by atoms with van der Waals surface area (Å²) in [7, 11) is 1.70. The predicted octanol–water partition coefficient (Wildman–Crippen LogP) is 1.83. The van der Waals surface area contributed by atoms with Crippen molar-refractivity contribution in [2.24, 2.45) is 0 Å². The Hall–Kier alpha value is -2.65. The Labute approximate surface area is 148 Å². The Morgan fingerprint density at radius 1 is 1.15 bits per heavy atom. The number of nitrogens with zero attached hydrogens (tertiary/aromatic N) is 5. The molecule has 9 heteroatoms. The van der Waals surface area contributed by atoms with E-state index >= 15 is 0 Å². The van der Waals surface area contributed by atoms with Crippen molar-refractivity contribution in [2.75, 3.05) is 25.2 Å². The zero-order chi connectivity index (χ0) is 18.8. The number of aliphatic hydroxyl groups is 2. The van der Waals surface area contributed by atoms with Gasteiger partial charge in [-0.2, -0.15) is 0 Å². The fourth-order valence-electron chi connectivity index (χ4n) is 2.83. The van der Waals surface area contributed by atoms with E-state index in [0.29, 0.717) is 17.0 Å². The van der Waals surface area contributed by atoms with E-state index in [2.05, 4.69) is 15.0 Å². The highest BCUT2D eigenvalue weighted by Crippen LogP contribution is 2.30. The number of benzene rings is 1. The number of aliphatic hydroxyl groups excluding tert-OH is 2. The minimum absolute atomic E-state index is 0.197. The van der Waals surface area contributed by atoms with Gasteiger partial charge in [-0.05, 0) is 25.1 Å². The fourth-order valence-corrected chi connectivity index (χ4v) is 2.83. The smallest absolute Gasteiger partial charge is 0.165 e.